The minimum Gasteiger partial charge on any atom is -0.385 e. The van der Waals surface area contributed by atoms with Crippen molar-refractivity contribution in [1.29, 1.82) is 0 Å². The molecule has 1 unspecified atom stereocenters. The molecule has 1 atom stereocenters. The highest BCUT2D eigenvalue weighted by molar-refractivity contribution is 6.23. The van der Waals surface area contributed by atoms with Gasteiger partial charge in [0.15, 0.2) is 5.82 Å². The summed E-state index contributed by atoms with van der Waals surface area (Å²) in [5.74, 6) is -1.86. The number of piperidine rings is 1. The lowest BCUT2D eigenvalue weighted by molar-refractivity contribution is -0.136. The van der Waals surface area contributed by atoms with Gasteiger partial charge in [-0.3, -0.25) is 39.1 Å². The number of anilines is 1. The molecule has 2 aliphatic heterocycles. The van der Waals surface area contributed by atoms with Gasteiger partial charge in [-0.15, -0.1) is 0 Å². The maximum Gasteiger partial charge on any atom is 0.262 e. The Morgan fingerprint density at radius 1 is 1.02 bits per heavy atom. The van der Waals surface area contributed by atoms with Gasteiger partial charge in [0.1, 0.15) is 11.6 Å². The summed E-state index contributed by atoms with van der Waals surface area (Å²) in [6.07, 6.45) is 9.56. The van der Waals surface area contributed by atoms with Crippen molar-refractivity contribution >= 4 is 40.3 Å². The van der Waals surface area contributed by atoms with Gasteiger partial charge >= 0.3 is 0 Å². The Balaban J connectivity index is 0.893. The zero-order valence-corrected chi connectivity index (χ0v) is 23.1. The van der Waals surface area contributed by atoms with E-state index in [4.69, 9.17) is 0 Å². The first-order valence-electron chi connectivity index (χ1n) is 14.4. The fourth-order valence-corrected chi connectivity index (χ4v) is 6.16. The molecule has 1 saturated heterocycles. The van der Waals surface area contributed by atoms with Crippen molar-refractivity contribution in [2.75, 3.05) is 11.9 Å². The first kappa shape index (κ1) is 26.9. The highest BCUT2D eigenvalue weighted by Crippen LogP contribution is 2.40. The molecule has 218 valence electrons. The number of rotatable bonds is 8. The molecule has 1 aliphatic carbocycles. The standard InChI is InChI=1S/C31H28FN7O4/c32-23-4-1-5-24-28(23)36-25(15-34-24)18-14-35-38(16-18)20-11-17(12-20)3-2-10-33-19-6-7-21-22(13-19)31(43)39(30(21)42)26-8-9-27(40)37-29(26)41/h1,4-7,13-17,20,26,33H,2-3,8-12H2,(H,37,40,41). The normalized spacial score (nSPS) is 21.6. The Labute approximate surface area is 245 Å². The second-order valence-corrected chi connectivity index (χ2v) is 11.3. The van der Waals surface area contributed by atoms with Crippen LogP contribution in [0.25, 0.3) is 22.3 Å². The van der Waals surface area contributed by atoms with E-state index in [-0.39, 0.29) is 29.5 Å². The number of hydrogen-bond acceptors (Lipinski definition) is 8. The molecule has 12 heteroatoms. The Kier molecular flexibility index (Phi) is 6.68. The fourth-order valence-electron chi connectivity index (χ4n) is 6.16. The van der Waals surface area contributed by atoms with E-state index >= 15 is 0 Å². The van der Waals surface area contributed by atoms with Crippen LogP contribution in [0, 0.1) is 11.7 Å². The lowest BCUT2D eigenvalue weighted by Gasteiger charge is -2.35. The number of halogens is 1. The van der Waals surface area contributed by atoms with E-state index < -0.39 is 35.5 Å². The van der Waals surface area contributed by atoms with Gasteiger partial charge in [-0.25, -0.2) is 9.37 Å². The summed E-state index contributed by atoms with van der Waals surface area (Å²) in [7, 11) is 0. The molecule has 0 spiro atoms. The van der Waals surface area contributed by atoms with Crippen LogP contribution in [-0.2, 0) is 9.59 Å². The molecule has 3 aliphatic rings. The summed E-state index contributed by atoms with van der Waals surface area (Å²) in [4.78, 5) is 59.4. The lowest BCUT2D eigenvalue weighted by Crippen LogP contribution is -2.54. The van der Waals surface area contributed by atoms with Crippen LogP contribution in [0.2, 0.25) is 0 Å². The summed E-state index contributed by atoms with van der Waals surface area (Å²) in [6.45, 7) is 0.710. The number of carbonyl (C=O) groups excluding carboxylic acids is 4. The molecule has 4 heterocycles. The summed E-state index contributed by atoms with van der Waals surface area (Å²) < 4.78 is 16.1. The number of aromatic nitrogens is 4. The monoisotopic (exact) mass is 581 g/mol. The molecule has 4 amide bonds. The quantitative estimate of drug-likeness (QED) is 0.236. The van der Waals surface area contributed by atoms with E-state index in [1.54, 1.807) is 42.7 Å². The molecule has 1 saturated carbocycles. The minimum atomic E-state index is -0.974. The van der Waals surface area contributed by atoms with E-state index in [0.717, 1.165) is 41.8 Å². The predicted molar refractivity (Wildman–Crippen MR) is 153 cm³/mol. The zero-order chi connectivity index (χ0) is 29.7. The third kappa shape index (κ3) is 4.92. The van der Waals surface area contributed by atoms with Crippen LogP contribution in [0.1, 0.15) is 65.3 Å². The molecule has 4 aromatic rings. The molecule has 2 N–H and O–H groups in total. The van der Waals surface area contributed by atoms with Crippen LogP contribution in [0.5, 0.6) is 0 Å². The molecule has 0 radical (unpaired) electrons. The maximum absolute atomic E-state index is 14.2. The van der Waals surface area contributed by atoms with Crippen molar-refractivity contribution in [2.45, 2.75) is 50.6 Å². The van der Waals surface area contributed by atoms with E-state index in [0.29, 0.717) is 29.7 Å². The summed E-state index contributed by atoms with van der Waals surface area (Å²) in [5, 5.41) is 10.1. The Morgan fingerprint density at radius 3 is 2.70 bits per heavy atom. The van der Waals surface area contributed by atoms with Crippen LogP contribution in [0.15, 0.2) is 55.0 Å². The maximum atomic E-state index is 14.2. The summed E-state index contributed by atoms with van der Waals surface area (Å²) in [5.41, 5.74) is 3.43. The molecular weight excluding hydrogens is 553 g/mol. The highest BCUT2D eigenvalue weighted by atomic mass is 19.1. The van der Waals surface area contributed by atoms with Crippen molar-refractivity contribution in [1.82, 2.24) is 30.0 Å². The smallest absolute Gasteiger partial charge is 0.262 e. The number of carbonyl (C=O) groups is 4. The largest absolute Gasteiger partial charge is 0.385 e. The van der Waals surface area contributed by atoms with Crippen LogP contribution < -0.4 is 10.6 Å². The third-order valence-electron chi connectivity index (χ3n) is 8.56. The topological polar surface area (TPSA) is 139 Å². The van der Waals surface area contributed by atoms with Gasteiger partial charge in [-0.05, 0) is 68.4 Å². The van der Waals surface area contributed by atoms with Crippen molar-refractivity contribution in [3.8, 4) is 11.3 Å². The number of amides is 4. The van der Waals surface area contributed by atoms with Gasteiger partial charge in [-0.1, -0.05) is 6.07 Å². The third-order valence-corrected chi connectivity index (χ3v) is 8.56. The molecule has 2 fully saturated rings. The lowest BCUT2D eigenvalue weighted by atomic mass is 9.77. The second kappa shape index (κ2) is 10.7. The van der Waals surface area contributed by atoms with Crippen LogP contribution in [0.3, 0.4) is 0 Å². The van der Waals surface area contributed by atoms with Gasteiger partial charge in [-0.2, -0.15) is 5.10 Å². The average molecular weight is 582 g/mol. The average Bonchev–Trinajstić information content (AvgIpc) is 3.55. The number of nitrogens with zero attached hydrogens (tertiary/aromatic N) is 5. The van der Waals surface area contributed by atoms with Crippen LogP contribution in [-0.4, -0.2) is 60.9 Å². The number of para-hydroxylation sites is 1. The molecular formula is C31H28FN7O4. The molecule has 11 nitrogen and oxygen atoms in total. The van der Waals surface area contributed by atoms with Crippen molar-refractivity contribution in [2.24, 2.45) is 5.92 Å². The van der Waals surface area contributed by atoms with Gasteiger partial charge in [0.25, 0.3) is 11.8 Å². The Hall–Kier alpha value is -5.00. The first-order chi connectivity index (χ1) is 20.9. The van der Waals surface area contributed by atoms with Crippen LogP contribution in [0.4, 0.5) is 10.1 Å². The predicted octanol–water partition coefficient (Wildman–Crippen LogP) is 3.88. The SMILES string of the molecule is O=C1CCC(N2C(=O)c3ccc(NCCCC4CC(n5cc(-c6cnc7cccc(F)c7n6)cn5)C4)cc3C2=O)C(=O)N1. The van der Waals surface area contributed by atoms with Crippen LogP contribution >= 0.6 is 0 Å². The molecule has 0 bridgehead atoms. The Morgan fingerprint density at radius 2 is 1.86 bits per heavy atom. The van der Waals surface area contributed by atoms with Gasteiger partial charge in [0.2, 0.25) is 11.8 Å². The second-order valence-electron chi connectivity index (χ2n) is 11.3. The number of imide groups is 2. The van der Waals surface area contributed by atoms with E-state index in [2.05, 4.69) is 25.7 Å². The zero-order valence-electron chi connectivity index (χ0n) is 23.1. The molecule has 2 aromatic heterocycles. The van der Waals surface area contributed by atoms with Crippen molar-refractivity contribution in [3.05, 3.63) is 71.9 Å². The van der Waals surface area contributed by atoms with Gasteiger partial charge in [0, 0.05) is 30.4 Å². The number of fused-ring (bicyclic) bond motifs is 2. The molecule has 7 rings (SSSR count). The number of hydrogen-bond donors (Lipinski definition) is 2. The van der Waals surface area contributed by atoms with E-state index in [1.165, 1.54) is 6.07 Å². The highest BCUT2D eigenvalue weighted by Gasteiger charge is 2.44. The van der Waals surface area contributed by atoms with Gasteiger partial charge in [0.05, 0.1) is 40.8 Å². The fraction of sp³-hybridized carbons (Fsp3) is 0.323. The van der Waals surface area contributed by atoms with E-state index in [1.807, 2.05) is 10.9 Å². The molecule has 2 aromatic carbocycles. The summed E-state index contributed by atoms with van der Waals surface area (Å²) >= 11 is 0. The first-order valence-corrected chi connectivity index (χ1v) is 14.4. The van der Waals surface area contributed by atoms with Crippen molar-refractivity contribution < 1.29 is 23.6 Å². The minimum absolute atomic E-state index is 0.0875. The van der Waals surface area contributed by atoms with E-state index in [9.17, 15) is 23.6 Å². The number of benzene rings is 2. The Bertz CT molecular complexity index is 1800. The van der Waals surface area contributed by atoms with Gasteiger partial charge < -0.3 is 5.32 Å². The molecule has 43 heavy (non-hydrogen) atoms. The number of nitrogens with one attached hydrogen (secondary N) is 2. The summed E-state index contributed by atoms with van der Waals surface area (Å²) in [6, 6.07) is 9.09. The van der Waals surface area contributed by atoms with Crippen molar-refractivity contribution in [3.63, 3.8) is 0 Å².